The molecular formula is C8H8N2U. The van der Waals surface area contributed by atoms with Crippen molar-refractivity contribution in [3.05, 3.63) is 34.1 Å². The largest absolute Gasteiger partial charge is 2.00 e. The maximum Gasteiger partial charge on any atom is 2.00 e. The van der Waals surface area contributed by atoms with Crippen LogP contribution in [0.1, 0.15) is 13.8 Å². The Morgan fingerprint density at radius 1 is 0.909 bits per heavy atom. The van der Waals surface area contributed by atoms with Crippen molar-refractivity contribution in [3.8, 4) is 0 Å². The Morgan fingerprint density at radius 2 is 1.18 bits per heavy atom. The van der Waals surface area contributed by atoms with Crippen LogP contribution in [-0.2, 0) is 0 Å². The molecule has 0 aromatic heterocycles. The topological polar surface area (TPSA) is 44.6 Å². The van der Waals surface area contributed by atoms with E-state index in [1.165, 1.54) is 0 Å². The van der Waals surface area contributed by atoms with Gasteiger partial charge in [0.15, 0.2) is 0 Å². The summed E-state index contributed by atoms with van der Waals surface area (Å²) in [5.74, 6) is 0. The summed E-state index contributed by atoms with van der Waals surface area (Å²) in [6.45, 7) is 3.49. The molecule has 0 fully saturated rings. The Kier molecular flexibility index (Phi) is 3.99. The van der Waals surface area contributed by atoms with Crippen LogP contribution >= 0.6 is 0 Å². The summed E-state index contributed by atoms with van der Waals surface area (Å²) in [6, 6.07) is 0. The van der Waals surface area contributed by atoms with Crippen molar-refractivity contribution < 1.29 is 31.1 Å². The zero-order chi connectivity index (χ0) is 7.72. The molecular weight excluding hydrogens is 362 g/mol. The Balaban J connectivity index is 0.000001000. The first-order valence-electron chi connectivity index (χ1n) is 3.11. The van der Waals surface area contributed by atoms with Gasteiger partial charge in [-0.15, -0.1) is 0 Å². The van der Waals surface area contributed by atoms with Crippen LogP contribution < -0.4 is 0 Å². The first kappa shape index (κ1) is 10.9. The van der Waals surface area contributed by atoms with Gasteiger partial charge in [-0.1, -0.05) is 23.3 Å². The van der Waals surface area contributed by atoms with Crippen LogP contribution in [-0.4, -0.2) is 11.4 Å². The molecule has 0 spiro atoms. The molecule has 3 heteroatoms. The average Bonchev–Trinajstić information content (AvgIpc) is 1.93. The van der Waals surface area contributed by atoms with E-state index in [0.717, 1.165) is 0 Å². The molecule has 0 saturated heterocycles. The van der Waals surface area contributed by atoms with Crippen LogP contribution in [0.3, 0.4) is 0 Å². The molecule has 0 unspecified atom stereocenters. The van der Waals surface area contributed by atoms with E-state index >= 15 is 0 Å². The van der Waals surface area contributed by atoms with E-state index in [4.69, 9.17) is 10.8 Å². The normalized spacial score (nSPS) is 16.9. The number of hydrogen-bond donors (Lipinski definition) is 0. The van der Waals surface area contributed by atoms with Crippen LogP contribution in [0.5, 0.6) is 0 Å². The molecule has 11 heavy (non-hydrogen) atoms. The van der Waals surface area contributed by atoms with Crippen LogP contribution in [0.4, 0.5) is 0 Å². The van der Waals surface area contributed by atoms with E-state index in [0.29, 0.717) is 11.1 Å². The third-order valence-corrected chi connectivity index (χ3v) is 1.55. The molecule has 2 nitrogen and oxygen atoms in total. The maximum atomic E-state index is 9.14. The standard InChI is InChI=1S/C8H8N2.U/c1-5-3-4-6(2)8(10)7(5)9;/h3-4H,1-2H3;/q-2;+2. The zero-order valence-electron chi connectivity index (χ0n) is 6.55. The number of allylic oxidation sites excluding steroid dienone is 4. The van der Waals surface area contributed by atoms with Gasteiger partial charge in [0.2, 0.25) is 0 Å². The summed E-state index contributed by atoms with van der Waals surface area (Å²) < 4.78 is 0. The van der Waals surface area contributed by atoms with Crippen molar-refractivity contribution >= 4 is 11.4 Å². The van der Waals surface area contributed by atoms with E-state index in [1.807, 2.05) is 0 Å². The SMILES string of the molecule is CC1=CC=C(C)C(=[N-])C1=[N-].[U+2]. The van der Waals surface area contributed by atoms with Gasteiger partial charge in [0, 0.05) is 0 Å². The summed E-state index contributed by atoms with van der Waals surface area (Å²) >= 11 is 0. The molecule has 0 N–H and O–H groups in total. The fourth-order valence-corrected chi connectivity index (χ4v) is 0.781. The second-order valence-corrected chi connectivity index (χ2v) is 2.40. The summed E-state index contributed by atoms with van der Waals surface area (Å²) in [7, 11) is 0. The molecule has 1 rings (SSSR count). The van der Waals surface area contributed by atoms with Crippen molar-refractivity contribution in [1.29, 1.82) is 0 Å². The molecule has 0 aromatic carbocycles. The van der Waals surface area contributed by atoms with Crippen LogP contribution in [0.15, 0.2) is 23.3 Å². The van der Waals surface area contributed by atoms with Crippen molar-refractivity contribution in [3.63, 3.8) is 0 Å². The van der Waals surface area contributed by atoms with E-state index in [2.05, 4.69) is 0 Å². The van der Waals surface area contributed by atoms with Gasteiger partial charge in [0.25, 0.3) is 0 Å². The predicted octanol–water partition coefficient (Wildman–Crippen LogP) is 1.91. The molecule has 0 amide bonds. The second-order valence-electron chi connectivity index (χ2n) is 2.40. The fraction of sp³-hybridized carbons (Fsp3) is 0.250. The molecule has 0 atom stereocenters. The number of rotatable bonds is 0. The van der Waals surface area contributed by atoms with E-state index in [-0.39, 0.29) is 42.5 Å². The molecule has 1 aliphatic rings. The summed E-state index contributed by atoms with van der Waals surface area (Å²) in [4.78, 5) is 0. The molecule has 54 valence electrons. The molecule has 0 radical (unpaired) electrons. The van der Waals surface area contributed by atoms with Gasteiger partial charge < -0.3 is 10.8 Å². The van der Waals surface area contributed by atoms with Gasteiger partial charge in [-0.3, -0.25) is 0 Å². The Labute approximate surface area is 90.2 Å². The minimum atomic E-state index is -0.0139. The van der Waals surface area contributed by atoms with Gasteiger partial charge in [0.05, 0.1) is 0 Å². The van der Waals surface area contributed by atoms with Crippen molar-refractivity contribution in [2.24, 2.45) is 0 Å². The van der Waals surface area contributed by atoms with E-state index in [1.54, 1.807) is 26.0 Å². The maximum absolute atomic E-state index is 9.14. The van der Waals surface area contributed by atoms with Crippen molar-refractivity contribution in [1.82, 2.24) is 0 Å². The van der Waals surface area contributed by atoms with E-state index < -0.39 is 0 Å². The van der Waals surface area contributed by atoms with Crippen LogP contribution in [0.2, 0.25) is 0 Å². The third kappa shape index (κ3) is 2.15. The molecule has 0 saturated carbocycles. The summed E-state index contributed by atoms with van der Waals surface area (Å²) in [6.07, 6.45) is 3.54. The Bertz CT molecular complexity index is 225. The average molecular weight is 370 g/mol. The minimum Gasteiger partial charge on any atom is -0.805 e. The number of hydrogen-bond acceptors (Lipinski definition) is 0. The summed E-state index contributed by atoms with van der Waals surface area (Å²) in [5, 5.41) is 18.3. The quantitative estimate of drug-likeness (QED) is 0.585. The fourth-order valence-electron chi connectivity index (χ4n) is 0.781. The van der Waals surface area contributed by atoms with E-state index in [9.17, 15) is 0 Å². The van der Waals surface area contributed by atoms with Gasteiger partial charge >= 0.3 is 31.1 Å². The van der Waals surface area contributed by atoms with Crippen molar-refractivity contribution in [2.75, 3.05) is 0 Å². The van der Waals surface area contributed by atoms with Crippen LogP contribution in [0, 0.1) is 31.1 Å². The van der Waals surface area contributed by atoms with Gasteiger partial charge in [0.1, 0.15) is 0 Å². The van der Waals surface area contributed by atoms with Gasteiger partial charge in [-0.05, 0) is 13.8 Å². The monoisotopic (exact) mass is 370 g/mol. The van der Waals surface area contributed by atoms with Crippen LogP contribution in [0.25, 0.3) is 10.8 Å². The smallest absolute Gasteiger partial charge is 0.805 e. The molecule has 0 aliphatic heterocycles. The molecule has 0 bridgehead atoms. The predicted molar refractivity (Wildman–Crippen MR) is 44.2 cm³/mol. The van der Waals surface area contributed by atoms with Gasteiger partial charge in [-0.2, -0.15) is 11.4 Å². The Hall–Kier alpha value is -0.128. The first-order valence-corrected chi connectivity index (χ1v) is 3.11. The zero-order valence-corrected chi connectivity index (χ0v) is 10.7. The first-order chi connectivity index (χ1) is 4.63. The molecule has 1 aliphatic carbocycles. The third-order valence-electron chi connectivity index (χ3n) is 1.55. The van der Waals surface area contributed by atoms with Gasteiger partial charge in [-0.25, -0.2) is 0 Å². The Morgan fingerprint density at radius 3 is 1.45 bits per heavy atom. The van der Waals surface area contributed by atoms with Crippen molar-refractivity contribution in [2.45, 2.75) is 13.8 Å². The molecule has 0 aromatic rings. The second kappa shape index (κ2) is 4.04. The minimum absolute atomic E-state index is 0. The number of nitrogens with zero attached hydrogens (tertiary/aromatic N) is 2. The summed E-state index contributed by atoms with van der Waals surface area (Å²) in [5.41, 5.74) is 1.37. The molecule has 0 heterocycles.